The van der Waals surface area contributed by atoms with Crippen molar-refractivity contribution in [3.8, 4) is 11.3 Å². The molecule has 1 heterocycles. The minimum atomic E-state index is -4.39. The Labute approximate surface area is 153 Å². The second-order valence-corrected chi connectivity index (χ2v) is 5.65. The van der Waals surface area contributed by atoms with Crippen molar-refractivity contribution in [2.24, 2.45) is 0 Å². The fourth-order valence-electron chi connectivity index (χ4n) is 2.67. The highest BCUT2D eigenvalue weighted by atomic mass is 35.5. The molecule has 0 spiro atoms. The fraction of sp³-hybridized carbons (Fsp3) is 0.158. The SMILES string of the molecule is Cl.O=C(O)CCc1cc(-c2ccc(C(F)(F)F)cc2)nc2ccccc12. The van der Waals surface area contributed by atoms with Crippen LogP contribution in [0.2, 0.25) is 0 Å². The Morgan fingerprint density at radius 1 is 1.04 bits per heavy atom. The largest absolute Gasteiger partial charge is 0.481 e. The first kappa shape index (κ1) is 19.7. The Morgan fingerprint density at radius 2 is 1.69 bits per heavy atom. The molecule has 136 valence electrons. The maximum absolute atomic E-state index is 12.7. The van der Waals surface area contributed by atoms with Gasteiger partial charge >= 0.3 is 12.1 Å². The summed E-state index contributed by atoms with van der Waals surface area (Å²) in [6.45, 7) is 0. The number of nitrogens with zero attached hydrogens (tertiary/aromatic N) is 1. The molecule has 7 heteroatoms. The van der Waals surface area contributed by atoms with Gasteiger partial charge in [0.2, 0.25) is 0 Å². The van der Waals surface area contributed by atoms with Crippen LogP contribution in [0, 0.1) is 0 Å². The average Bonchev–Trinajstić information content (AvgIpc) is 2.58. The average molecular weight is 382 g/mol. The number of carbonyl (C=O) groups is 1. The van der Waals surface area contributed by atoms with Gasteiger partial charge in [-0.05, 0) is 36.2 Å². The van der Waals surface area contributed by atoms with E-state index in [0.717, 1.165) is 23.1 Å². The van der Waals surface area contributed by atoms with E-state index in [4.69, 9.17) is 5.11 Å². The first-order valence-electron chi connectivity index (χ1n) is 7.63. The van der Waals surface area contributed by atoms with Crippen molar-refractivity contribution >= 4 is 29.3 Å². The van der Waals surface area contributed by atoms with Crippen LogP contribution in [0.25, 0.3) is 22.2 Å². The lowest BCUT2D eigenvalue weighted by Gasteiger charge is -2.11. The Hall–Kier alpha value is -2.60. The topological polar surface area (TPSA) is 50.2 Å². The van der Waals surface area contributed by atoms with Crippen LogP contribution in [0.1, 0.15) is 17.5 Å². The molecule has 1 N–H and O–H groups in total. The summed E-state index contributed by atoms with van der Waals surface area (Å²) < 4.78 is 38.1. The number of para-hydroxylation sites is 1. The summed E-state index contributed by atoms with van der Waals surface area (Å²) in [5.74, 6) is -0.906. The van der Waals surface area contributed by atoms with Gasteiger partial charge in [0.1, 0.15) is 0 Å². The van der Waals surface area contributed by atoms with Crippen molar-refractivity contribution in [3.05, 3.63) is 65.7 Å². The molecule has 26 heavy (non-hydrogen) atoms. The van der Waals surface area contributed by atoms with Gasteiger partial charge in [-0.15, -0.1) is 12.4 Å². The van der Waals surface area contributed by atoms with E-state index in [1.807, 2.05) is 18.2 Å². The molecule has 3 nitrogen and oxygen atoms in total. The molecule has 0 bridgehead atoms. The van der Waals surface area contributed by atoms with Crippen LogP contribution in [0.15, 0.2) is 54.6 Å². The molecule has 0 atom stereocenters. The molecule has 0 aliphatic heterocycles. The summed E-state index contributed by atoms with van der Waals surface area (Å²) in [6, 6.07) is 13.8. The van der Waals surface area contributed by atoms with E-state index in [1.54, 1.807) is 12.1 Å². The molecule has 2 aromatic carbocycles. The maximum Gasteiger partial charge on any atom is 0.416 e. The highest BCUT2D eigenvalue weighted by Crippen LogP contribution is 2.31. The van der Waals surface area contributed by atoms with E-state index in [0.29, 0.717) is 23.2 Å². The summed E-state index contributed by atoms with van der Waals surface area (Å²) >= 11 is 0. The predicted molar refractivity (Wildman–Crippen MR) is 95.4 cm³/mol. The van der Waals surface area contributed by atoms with Gasteiger partial charge in [0.05, 0.1) is 16.8 Å². The number of alkyl halides is 3. The number of halogens is 4. The van der Waals surface area contributed by atoms with E-state index in [2.05, 4.69) is 4.98 Å². The molecule has 0 unspecified atom stereocenters. The summed E-state index contributed by atoms with van der Waals surface area (Å²) in [4.78, 5) is 15.4. The smallest absolute Gasteiger partial charge is 0.416 e. The molecule has 0 radical (unpaired) electrons. The third-order valence-electron chi connectivity index (χ3n) is 3.92. The number of pyridine rings is 1. The second-order valence-electron chi connectivity index (χ2n) is 5.65. The van der Waals surface area contributed by atoms with Crippen LogP contribution in [-0.4, -0.2) is 16.1 Å². The Morgan fingerprint density at radius 3 is 2.31 bits per heavy atom. The number of rotatable bonds is 4. The highest BCUT2D eigenvalue weighted by molar-refractivity contribution is 5.86. The van der Waals surface area contributed by atoms with Crippen LogP contribution in [-0.2, 0) is 17.4 Å². The van der Waals surface area contributed by atoms with Gasteiger partial charge < -0.3 is 5.11 Å². The first-order valence-corrected chi connectivity index (χ1v) is 7.63. The monoisotopic (exact) mass is 381 g/mol. The van der Waals surface area contributed by atoms with Crippen LogP contribution in [0.5, 0.6) is 0 Å². The third-order valence-corrected chi connectivity index (χ3v) is 3.92. The minimum absolute atomic E-state index is 0. The highest BCUT2D eigenvalue weighted by Gasteiger charge is 2.30. The van der Waals surface area contributed by atoms with Crippen LogP contribution >= 0.6 is 12.4 Å². The quantitative estimate of drug-likeness (QED) is 0.662. The zero-order valence-corrected chi connectivity index (χ0v) is 14.3. The number of fused-ring (bicyclic) bond motifs is 1. The molecule has 3 rings (SSSR count). The van der Waals surface area contributed by atoms with Crippen molar-refractivity contribution in [2.45, 2.75) is 19.0 Å². The van der Waals surface area contributed by atoms with Gasteiger partial charge in [-0.25, -0.2) is 4.98 Å². The van der Waals surface area contributed by atoms with Crippen molar-refractivity contribution < 1.29 is 23.1 Å². The normalized spacial score (nSPS) is 11.2. The van der Waals surface area contributed by atoms with E-state index >= 15 is 0 Å². The number of aromatic nitrogens is 1. The van der Waals surface area contributed by atoms with Crippen LogP contribution in [0.4, 0.5) is 13.2 Å². The van der Waals surface area contributed by atoms with E-state index in [-0.39, 0.29) is 18.8 Å². The fourth-order valence-corrected chi connectivity index (χ4v) is 2.67. The Balaban J connectivity index is 0.00000243. The van der Waals surface area contributed by atoms with E-state index in [1.165, 1.54) is 12.1 Å². The Kier molecular flexibility index (Phi) is 5.87. The van der Waals surface area contributed by atoms with Crippen molar-refractivity contribution in [3.63, 3.8) is 0 Å². The molecule has 0 aliphatic carbocycles. The number of benzene rings is 2. The summed E-state index contributed by atoms with van der Waals surface area (Å²) in [5.41, 5.74) is 1.84. The second kappa shape index (κ2) is 7.74. The third kappa shape index (κ3) is 4.32. The molecular formula is C19H15ClF3NO2. The van der Waals surface area contributed by atoms with Crippen molar-refractivity contribution in [2.75, 3.05) is 0 Å². The number of carboxylic acids is 1. The molecule has 0 fully saturated rings. The standard InChI is InChI=1S/C19H14F3NO2.ClH/c20-19(21,22)14-8-5-12(6-9-14)17-11-13(7-10-18(24)25)15-3-1-2-4-16(15)23-17;/h1-6,8-9,11H,7,10H2,(H,24,25);1H. The zero-order valence-electron chi connectivity index (χ0n) is 13.5. The Bertz CT molecular complexity index is 924. The summed E-state index contributed by atoms with van der Waals surface area (Å²) in [5, 5.41) is 9.76. The number of aliphatic carboxylic acids is 1. The molecule has 0 saturated heterocycles. The van der Waals surface area contributed by atoms with Crippen LogP contribution in [0.3, 0.4) is 0 Å². The van der Waals surface area contributed by atoms with E-state index < -0.39 is 17.7 Å². The van der Waals surface area contributed by atoms with E-state index in [9.17, 15) is 18.0 Å². The molecule has 0 aliphatic rings. The molecule has 1 aromatic heterocycles. The predicted octanol–water partition coefficient (Wildman–Crippen LogP) is 5.36. The maximum atomic E-state index is 12.7. The summed E-state index contributed by atoms with van der Waals surface area (Å²) in [6.07, 6.45) is -4.09. The first-order chi connectivity index (χ1) is 11.8. The lowest BCUT2D eigenvalue weighted by molar-refractivity contribution is -0.138. The molecule has 0 saturated carbocycles. The summed E-state index contributed by atoms with van der Waals surface area (Å²) in [7, 11) is 0. The van der Waals surface area contributed by atoms with Gasteiger partial charge in [-0.3, -0.25) is 4.79 Å². The number of hydrogen-bond donors (Lipinski definition) is 1. The zero-order chi connectivity index (χ0) is 18.0. The van der Waals surface area contributed by atoms with Gasteiger partial charge in [-0.1, -0.05) is 30.3 Å². The van der Waals surface area contributed by atoms with Gasteiger partial charge in [-0.2, -0.15) is 13.2 Å². The molecule has 3 aromatic rings. The lowest BCUT2D eigenvalue weighted by atomic mass is 10.00. The van der Waals surface area contributed by atoms with Crippen molar-refractivity contribution in [1.82, 2.24) is 4.98 Å². The lowest BCUT2D eigenvalue weighted by Crippen LogP contribution is -2.04. The minimum Gasteiger partial charge on any atom is -0.481 e. The van der Waals surface area contributed by atoms with Crippen LogP contribution < -0.4 is 0 Å². The number of carboxylic acid groups (broad SMARTS) is 1. The van der Waals surface area contributed by atoms with Gasteiger partial charge in [0.15, 0.2) is 0 Å². The number of aryl methyl sites for hydroxylation is 1. The van der Waals surface area contributed by atoms with Gasteiger partial charge in [0, 0.05) is 17.4 Å². The number of hydrogen-bond acceptors (Lipinski definition) is 2. The molecule has 0 amide bonds. The molecular weight excluding hydrogens is 367 g/mol. The van der Waals surface area contributed by atoms with Gasteiger partial charge in [0.25, 0.3) is 0 Å². The van der Waals surface area contributed by atoms with Crippen molar-refractivity contribution in [1.29, 1.82) is 0 Å².